The van der Waals surface area contributed by atoms with Crippen LogP contribution in [0.15, 0.2) is 0 Å². The molecule has 17 heavy (non-hydrogen) atoms. The first-order chi connectivity index (χ1) is 7.93. The Morgan fingerprint density at radius 1 is 1.41 bits per heavy atom. The molecule has 4 nitrogen and oxygen atoms in total. The monoisotopic (exact) mass is 241 g/mol. The molecule has 0 radical (unpaired) electrons. The van der Waals surface area contributed by atoms with Gasteiger partial charge >= 0.3 is 0 Å². The fraction of sp³-hybridized carbons (Fsp3) is 0.923. The van der Waals surface area contributed by atoms with Crippen molar-refractivity contribution in [2.75, 3.05) is 33.9 Å². The highest BCUT2D eigenvalue weighted by Crippen LogP contribution is 2.10. The fourth-order valence-corrected chi connectivity index (χ4v) is 1.80. The highest BCUT2D eigenvalue weighted by Gasteiger charge is 2.24. The topological polar surface area (TPSA) is 48.3 Å². The van der Waals surface area contributed by atoms with Gasteiger partial charge in [0.1, 0.15) is 5.54 Å². The summed E-state index contributed by atoms with van der Waals surface area (Å²) in [7, 11) is 3.81. The normalized spacial score (nSPS) is 14.9. The van der Waals surface area contributed by atoms with Crippen molar-refractivity contribution in [3.05, 3.63) is 0 Å². The highest BCUT2D eigenvalue weighted by atomic mass is 16.5. The third kappa shape index (κ3) is 8.14. The molecule has 0 spiro atoms. The van der Waals surface area contributed by atoms with Crippen molar-refractivity contribution in [3.8, 4) is 6.07 Å². The van der Waals surface area contributed by atoms with Crippen LogP contribution in [0.1, 0.15) is 33.6 Å². The first kappa shape index (κ1) is 16.4. The maximum atomic E-state index is 9.21. The average Bonchev–Trinajstić information content (AvgIpc) is 2.26. The van der Waals surface area contributed by atoms with Gasteiger partial charge in [-0.25, -0.2) is 0 Å². The van der Waals surface area contributed by atoms with Crippen molar-refractivity contribution >= 4 is 0 Å². The zero-order valence-electron chi connectivity index (χ0n) is 11.9. The first-order valence-corrected chi connectivity index (χ1v) is 6.30. The van der Waals surface area contributed by atoms with Crippen LogP contribution in [0.3, 0.4) is 0 Å². The summed E-state index contributed by atoms with van der Waals surface area (Å²) in [6.07, 6.45) is 1.87. The summed E-state index contributed by atoms with van der Waals surface area (Å²) in [6.45, 7) is 8.83. The number of rotatable bonds is 9. The van der Waals surface area contributed by atoms with Gasteiger partial charge in [0.15, 0.2) is 0 Å². The Labute approximate surface area is 106 Å². The molecule has 0 saturated carbocycles. The second kappa shape index (κ2) is 8.46. The van der Waals surface area contributed by atoms with Crippen LogP contribution in [0.4, 0.5) is 0 Å². The van der Waals surface area contributed by atoms with Gasteiger partial charge in [-0.3, -0.25) is 5.32 Å². The largest absolute Gasteiger partial charge is 0.385 e. The minimum Gasteiger partial charge on any atom is -0.385 e. The Bertz CT molecular complexity index is 237. The zero-order chi connectivity index (χ0) is 13.3. The minimum atomic E-state index is -0.427. The Kier molecular flexibility index (Phi) is 8.15. The average molecular weight is 241 g/mol. The molecule has 0 aromatic heterocycles. The lowest BCUT2D eigenvalue weighted by Gasteiger charge is -2.28. The van der Waals surface area contributed by atoms with Crippen molar-refractivity contribution in [1.82, 2.24) is 10.2 Å². The lowest BCUT2D eigenvalue weighted by Crippen LogP contribution is -2.46. The van der Waals surface area contributed by atoms with Crippen molar-refractivity contribution in [1.29, 1.82) is 5.26 Å². The molecule has 0 aromatic carbocycles. The standard InChI is InChI=1S/C13H27N3O/c1-12(2)15-13(3,11-14)7-9-16(4)8-6-10-17-5/h12,15H,6-10H2,1-5H3. The molecule has 0 aliphatic rings. The number of hydrogen-bond donors (Lipinski definition) is 1. The third-order valence-corrected chi connectivity index (χ3v) is 2.74. The van der Waals surface area contributed by atoms with Gasteiger partial charge in [0.2, 0.25) is 0 Å². The van der Waals surface area contributed by atoms with Gasteiger partial charge in [-0.15, -0.1) is 0 Å². The molecular weight excluding hydrogens is 214 g/mol. The molecule has 0 saturated heterocycles. The molecular formula is C13H27N3O. The number of ether oxygens (including phenoxy) is 1. The van der Waals surface area contributed by atoms with Gasteiger partial charge < -0.3 is 9.64 Å². The molecule has 0 rings (SSSR count). The van der Waals surface area contributed by atoms with E-state index in [0.29, 0.717) is 6.04 Å². The van der Waals surface area contributed by atoms with Crippen molar-refractivity contribution in [2.45, 2.75) is 45.2 Å². The number of hydrogen-bond acceptors (Lipinski definition) is 4. The Balaban J connectivity index is 3.93. The smallest absolute Gasteiger partial charge is 0.105 e. The van der Waals surface area contributed by atoms with Gasteiger partial charge in [-0.2, -0.15) is 5.26 Å². The fourth-order valence-electron chi connectivity index (χ4n) is 1.80. The molecule has 0 aliphatic carbocycles. The van der Waals surface area contributed by atoms with Crippen molar-refractivity contribution in [3.63, 3.8) is 0 Å². The summed E-state index contributed by atoms with van der Waals surface area (Å²) in [5.41, 5.74) is -0.427. The summed E-state index contributed by atoms with van der Waals surface area (Å²) in [5, 5.41) is 12.5. The minimum absolute atomic E-state index is 0.332. The number of methoxy groups -OCH3 is 1. The summed E-state index contributed by atoms with van der Waals surface area (Å²) in [5.74, 6) is 0. The Morgan fingerprint density at radius 2 is 2.06 bits per heavy atom. The van der Waals surface area contributed by atoms with Crippen LogP contribution in [-0.2, 0) is 4.74 Å². The van der Waals surface area contributed by atoms with Gasteiger partial charge in [-0.1, -0.05) is 0 Å². The van der Waals surface area contributed by atoms with Crippen molar-refractivity contribution in [2.24, 2.45) is 0 Å². The molecule has 1 unspecified atom stereocenters. The van der Waals surface area contributed by atoms with E-state index in [2.05, 4.69) is 37.2 Å². The summed E-state index contributed by atoms with van der Waals surface area (Å²) >= 11 is 0. The van der Waals surface area contributed by atoms with Crippen LogP contribution in [0.2, 0.25) is 0 Å². The molecule has 0 heterocycles. The molecule has 0 amide bonds. The lowest BCUT2D eigenvalue weighted by atomic mass is 9.98. The maximum Gasteiger partial charge on any atom is 0.105 e. The number of nitrogens with one attached hydrogen (secondary N) is 1. The van der Waals surface area contributed by atoms with E-state index in [9.17, 15) is 5.26 Å². The quantitative estimate of drug-likeness (QED) is 0.623. The van der Waals surface area contributed by atoms with E-state index < -0.39 is 5.54 Å². The summed E-state index contributed by atoms with van der Waals surface area (Å²) in [4.78, 5) is 2.25. The molecule has 100 valence electrons. The summed E-state index contributed by atoms with van der Waals surface area (Å²) in [6, 6.07) is 2.70. The molecule has 0 fully saturated rings. The Hall–Kier alpha value is -0.630. The second-order valence-electron chi connectivity index (χ2n) is 5.14. The van der Waals surface area contributed by atoms with Gasteiger partial charge in [0.05, 0.1) is 6.07 Å². The van der Waals surface area contributed by atoms with E-state index >= 15 is 0 Å². The summed E-state index contributed by atoms with van der Waals surface area (Å²) < 4.78 is 5.02. The molecule has 0 aromatic rings. The van der Waals surface area contributed by atoms with E-state index in [1.807, 2.05) is 6.92 Å². The number of nitrogens with zero attached hydrogens (tertiary/aromatic N) is 2. The Morgan fingerprint density at radius 3 is 2.53 bits per heavy atom. The predicted molar refractivity (Wildman–Crippen MR) is 70.9 cm³/mol. The van der Waals surface area contributed by atoms with Crippen LogP contribution < -0.4 is 5.32 Å². The van der Waals surface area contributed by atoms with Crippen LogP contribution in [-0.4, -0.2) is 50.3 Å². The molecule has 0 bridgehead atoms. The molecule has 1 N–H and O–H groups in total. The van der Waals surface area contributed by atoms with E-state index in [0.717, 1.165) is 32.5 Å². The van der Waals surface area contributed by atoms with E-state index in [1.165, 1.54) is 0 Å². The van der Waals surface area contributed by atoms with Gasteiger partial charge in [-0.05, 0) is 40.7 Å². The van der Waals surface area contributed by atoms with Crippen LogP contribution in [0, 0.1) is 11.3 Å². The van der Waals surface area contributed by atoms with Crippen LogP contribution in [0.5, 0.6) is 0 Å². The van der Waals surface area contributed by atoms with Gasteiger partial charge in [0.25, 0.3) is 0 Å². The molecule has 0 aliphatic heterocycles. The second-order valence-corrected chi connectivity index (χ2v) is 5.14. The first-order valence-electron chi connectivity index (χ1n) is 6.30. The van der Waals surface area contributed by atoms with E-state index in [1.54, 1.807) is 7.11 Å². The van der Waals surface area contributed by atoms with Crippen LogP contribution >= 0.6 is 0 Å². The van der Waals surface area contributed by atoms with Crippen molar-refractivity contribution < 1.29 is 4.74 Å². The molecule has 1 atom stereocenters. The van der Waals surface area contributed by atoms with Gasteiger partial charge in [0, 0.05) is 32.8 Å². The number of nitriles is 1. The van der Waals surface area contributed by atoms with E-state index in [4.69, 9.17) is 4.74 Å². The maximum absolute atomic E-state index is 9.21. The zero-order valence-corrected chi connectivity index (χ0v) is 11.9. The van der Waals surface area contributed by atoms with E-state index in [-0.39, 0.29) is 0 Å². The van der Waals surface area contributed by atoms with Crippen LogP contribution in [0.25, 0.3) is 0 Å². The SMILES string of the molecule is COCCCN(C)CCC(C)(C#N)NC(C)C. The molecule has 4 heteroatoms. The predicted octanol–water partition coefficient (Wildman–Crippen LogP) is 1.63. The highest BCUT2D eigenvalue weighted by molar-refractivity contribution is 5.04. The lowest BCUT2D eigenvalue weighted by molar-refractivity contribution is 0.176. The third-order valence-electron chi connectivity index (χ3n) is 2.74.